The number of nitro groups is 1. The number of halogens is 2. The van der Waals surface area contributed by atoms with Crippen LogP contribution < -0.4 is 5.32 Å². The van der Waals surface area contributed by atoms with E-state index in [4.69, 9.17) is 0 Å². The molecule has 7 heteroatoms. The summed E-state index contributed by atoms with van der Waals surface area (Å²) in [5.74, 6) is -2.87. The van der Waals surface area contributed by atoms with Crippen molar-refractivity contribution in [3.8, 4) is 0 Å². The molecule has 5 nitrogen and oxygen atoms in total. The molecular weight excluding hydrogens is 258 g/mol. The lowest BCUT2D eigenvalue weighted by molar-refractivity contribution is -0.387. The molecule has 0 aromatic heterocycles. The summed E-state index contributed by atoms with van der Waals surface area (Å²) in [6, 6.07) is 1.09. The van der Waals surface area contributed by atoms with Gasteiger partial charge in [0.05, 0.1) is 16.6 Å². The van der Waals surface area contributed by atoms with Crippen LogP contribution in [0.25, 0.3) is 0 Å². The van der Waals surface area contributed by atoms with Gasteiger partial charge in [0.15, 0.2) is 0 Å². The minimum Gasteiger partial charge on any atom is -0.352 e. The summed E-state index contributed by atoms with van der Waals surface area (Å²) in [6.07, 6.45) is 0.671. The number of carbonyl (C=O) groups is 1. The predicted molar refractivity (Wildman–Crippen MR) is 64.8 cm³/mol. The molecule has 104 valence electrons. The number of hydrogen-bond acceptors (Lipinski definition) is 3. The second-order valence-corrected chi connectivity index (χ2v) is 4.48. The van der Waals surface area contributed by atoms with Gasteiger partial charge in [0.2, 0.25) is 5.82 Å². The van der Waals surface area contributed by atoms with Gasteiger partial charge in [0, 0.05) is 6.54 Å². The second kappa shape index (κ2) is 6.21. The molecule has 0 saturated heterocycles. The minimum atomic E-state index is -1.33. The van der Waals surface area contributed by atoms with Crippen molar-refractivity contribution in [2.75, 3.05) is 6.54 Å². The predicted octanol–water partition coefficient (Wildman–Crippen LogP) is 2.65. The van der Waals surface area contributed by atoms with Crippen LogP contribution in [0.5, 0.6) is 0 Å². The molecule has 1 aromatic carbocycles. The molecule has 1 N–H and O–H groups in total. The Bertz CT molecular complexity index is 504. The molecule has 0 saturated carbocycles. The van der Waals surface area contributed by atoms with Crippen molar-refractivity contribution in [3.05, 3.63) is 39.4 Å². The third kappa shape index (κ3) is 3.97. The number of benzene rings is 1. The quantitative estimate of drug-likeness (QED) is 0.661. The van der Waals surface area contributed by atoms with Gasteiger partial charge in [0.1, 0.15) is 5.82 Å². The summed E-state index contributed by atoms with van der Waals surface area (Å²) >= 11 is 0. The summed E-state index contributed by atoms with van der Waals surface area (Å²) in [6.45, 7) is 4.18. The number of nitrogens with zero attached hydrogens (tertiary/aromatic N) is 1. The van der Waals surface area contributed by atoms with E-state index in [2.05, 4.69) is 5.32 Å². The highest BCUT2D eigenvalue weighted by atomic mass is 19.1. The van der Waals surface area contributed by atoms with Crippen molar-refractivity contribution < 1.29 is 18.5 Å². The highest BCUT2D eigenvalue weighted by molar-refractivity contribution is 5.95. The van der Waals surface area contributed by atoms with Crippen LogP contribution in [0.1, 0.15) is 30.6 Å². The van der Waals surface area contributed by atoms with Gasteiger partial charge in [-0.15, -0.1) is 0 Å². The normalized spacial score (nSPS) is 10.6. The largest absolute Gasteiger partial charge is 0.352 e. The van der Waals surface area contributed by atoms with Gasteiger partial charge < -0.3 is 5.32 Å². The Morgan fingerprint density at radius 3 is 2.58 bits per heavy atom. The molecule has 19 heavy (non-hydrogen) atoms. The van der Waals surface area contributed by atoms with Crippen molar-refractivity contribution in [2.24, 2.45) is 5.92 Å². The topological polar surface area (TPSA) is 72.2 Å². The molecule has 0 aliphatic carbocycles. The van der Waals surface area contributed by atoms with Crippen molar-refractivity contribution in [1.82, 2.24) is 5.32 Å². The molecule has 0 bridgehead atoms. The molecule has 0 aliphatic rings. The van der Waals surface area contributed by atoms with E-state index in [1.165, 1.54) is 0 Å². The van der Waals surface area contributed by atoms with Gasteiger partial charge in [-0.05, 0) is 18.4 Å². The lowest BCUT2D eigenvalue weighted by Gasteiger charge is -2.08. The lowest BCUT2D eigenvalue weighted by atomic mass is 10.1. The SMILES string of the molecule is CC(C)CCNC(=O)c1cc(F)cc([N+](=O)[O-])c1F. The maximum atomic E-state index is 13.7. The van der Waals surface area contributed by atoms with Gasteiger partial charge >= 0.3 is 5.69 Å². The second-order valence-electron chi connectivity index (χ2n) is 4.48. The summed E-state index contributed by atoms with van der Waals surface area (Å²) in [4.78, 5) is 21.1. The first-order chi connectivity index (χ1) is 8.82. The zero-order valence-electron chi connectivity index (χ0n) is 10.6. The number of hydrogen-bond donors (Lipinski definition) is 1. The monoisotopic (exact) mass is 272 g/mol. The Balaban J connectivity index is 2.94. The number of nitrogens with one attached hydrogen (secondary N) is 1. The van der Waals surface area contributed by atoms with Gasteiger partial charge in [-0.25, -0.2) is 4.39 Å². The molecule has 0 atom stereocenters. The van der Waals surface area contributed by atoms with E-state index in [9.17, 15) is 23.7 Å². The number of carbonyl (C=O) groups excluding carboxylic acids is 1. The highest BCUT2D eigenvalue weighted by Crippen LogP contribution is 2.22. The molecule has 0 radical (unpaired) electrons. The Morgan fingerprint density at radius 1 is 1.42 bits per heavy atom. The van der Waals surface area contributed by atoms with E-state index in [0.29, 0.717) is 31.0 Å². The summed E-state index contributed by atoms with van der Waals surface area (Å²) in [5.41, 5.74) is -1.70. The van der Waals surface area contributed by atoms with Gasteiger partial charge in [-0.2, -0.15) is 4.39 Å². The maximum Gasteiger partial charge on any atom is 0.308 e. The zero-order valence-corrected chi connectivity index (χ0v) is 10.6. The van der Waals surface area contributed by atoms with Gasteiger partial charge in [-0.3, -0.25) is 14.9 Å². The van der Waals surface area contributed by atoms with Crippen LogP contribution in [0.2, 0.25) is 0 Å². The number of amides is 1. The smallest absolute Gasteiger partial charge is 0.308 e. The van der Waals surface area contributed by atoms with Crippen molar-refractivity contribution in [3.63, 3.8) is 0 Å². The Morgan fingerprint density at radius 2 is 2.05 bits per heavy atom. The van der Waals surface area contributed by atoms with Crippen molar-refractivity contribution in [1.29, 1.82) is 0 Å². The van der Waals surface area contributed by atoms with E-state index in [-0.39, 0.29) is 0 Å². The van der Waals surface area contributed by atoms with Crippen LogP contribution >= 0.6 is 0 Å². The zero-order chi connectivity index (χ0) is 14.6. The molecule has 0 fully saturated rings. The van der Waals surface area contributed by atoms with Crippen LogP contribution in [0.4, 0.5) is 14.5 Å². The molecule has 0 heterocycles. The maximum absolute atomic E-state index is 13.7. The molecule has 1 rings (SSSR count). The first kappa shape index (κ1) is 15.0. The van der Waals surface area contributed by atoms with Gasteiger partial charge in [-0.1, -0.05) is 13.8 Å². The minimum absolute atomic E-state index is 0.292. The van der Waals surface area contributed by atoms with Crippen molar-refractivity contribution >= 4 is 11.6 Å². The number of nitro benzene ring substituents is 1. The average Bonchev–Trinajstić information content (AvgIpc) is 2.30. The fourth-order valence-corrected chi connectivity index (χ4v) is 1.44. The Kier molecular flexibility index (Phi) is 4.91. The van der Waals surface area contributed by atoms with E-state index in [0.717, 1.165) is 0 Å². The first-order valence-corrected chi connectivity index (χ1v) is 5.74. The fraction of sp³-hybridized carbons (Fsp3) is 0.417. The van der Waals surface area contributed by atoms with Gasteiger partial charge in [0.25, 0.3) is 5.91 Å². The lowest BCUT2D eigenvalue weighted by Crippen LogP contribution is -2.26. The van der Waals surface area contributed by atoms with Crippen LogP contribution in [0, 0.1) is 27.7 Å². The van der Waals surface area contributed by atoms with Crippen LogP contribution in [-0.2, 0) is 0 Å². The Hall–Kier alpha value is -2.05. The standard InChI is InChI=1S/C12H14F2N2O3/c1-7(2)3-4-15-12(17)9-5-8(13)6-10(11(9)14)16(18)19/h5-7H,3-4H2,1-2H3,(H,15,17). The van der Waals surface area contributed by atoms with Crippen LogP contribution in [-0.4, -0.2) is 17.4 Å². The number of rotatable bonds is 5. The average molecular weight is 272 g/mol. The molecule has 0 aliphatic heterocycles. The highest BCUT2D eigenvalue weighted by Gasteiger charge is 2.23. The summed E-state index contributed by atoms with van der Waals surface area (Å²) in [7, 11) is 0. The molecular formula is C12H14F2N2O3. The van der Waals surface area contributed by atoms with E-state index in [1.807, 2.05) is 13.8 Å². The fourth-order valence-electron chi connectivity index (χ4n) is 1.44. The Labute approximate surface area is 108 Å². The molecule has 0 unspecified atom stereocenters. The van der Waals surface area contributed by atoms with Crippen LogP contribution in [0.15, 0.2) is 12.1 Å². The van der Waals surface area contributed by atoms with E-state index >= 15 is 0 Å². The van der Waals surface area contributed by atoms with E-state index < -0.39 is 33.7 Å². The third-order valence-corrected chi connectivity index (χ3v) is 2.47. The summed E-state index contributed by atoms with van der Waals surface area (Å²) in [5, 5.41) is 12.9. The third-order valence-electron chi connectivity index (χ3n) is 2.47. The molecule has 1 aromatic rings. The van der Waals surface area contributed by atoms with E-state index in [1.54, 1.807) is 0 Å². The molecule has 1 amide bonds. The van der Waals surface area contributed by atoms with Crippen molar-refractivity contribution in [2.45, 2.75) is 20.3 Å². The molecule has 0 spiro atoms. The summed E-state index contributed by atoms with van der Waals surface area (Å²) < 4.78 is 26.8. The first-order valence-electron chi connectivity index (χ1n) is 5.74. The van der Waals surface area contributed by atoms with Crippen LogP contribution in [0.3, 0.4) is 0 Å².